The zero-order valence-electron chi connectivity index (χ0n) is 11.9. The van der Waals surface area contributed by atoms with E-state index in [1.807, 2.05) is 20.8 Å². The van der Waals surface area contributed by atoms with Gasteiger partial charge in [-0.15, -0.1) is 11.8 Å². The molecular formula is C14H18BrNO3S. The van der Waals surface area contributed by atoms with Crippen LogP contribution in [-0.2, 0) is 4.79 Å². The van der Waals surface area contributed by atoms with Crippen LogP contribution in [-0.4, -0.2) is 27.8 Å². The first-order valence-electron chi connectivity index (χ1n) is 6.11. The van der Waals surface area contributed by atoms with E-state index in [9.17, 15) is 9.59 Å². The van der Waals surface area contributed by atoms with Crippen LogP contribution in [0.15, 0.2) is 27.6 Å². The molecule has 110 valence electrons. The summed E-state index contributed by atoms with van der Waals surface area (Å²) in [6, 6.07) is 4.92. The molecule has 0 saturated carbocycles. The molecule has 0 fully saturated rings. The average molecular weight is 360 g/mol. The van der Waals surface area contributed by atoms with Gasteiger partial charge in [-0.2, -0.15) is 0 Å². The fourth-order valence-corrected chi connectivity index (χ4v) is 3.02. The summed E-state index contributed by atoms with van der Waals surface area (Å²) in [7, 11) is 0. The molecule has 0 saturated heterocycles. The number of thioether (sulfide) groups is 1. The molecule has 4 nitrogen and oxygen atoms in total. The number of rotatable bonds is 4. The van der Waals surface area contributed by atoms with E-state index in [1.54, 1.807) is 19.1 Å². The maximum Gasteiger partial charge on any atom is 0.336 e. The Morgan fingerprint density at radius 1 is 1.35 bits per heavy atom. The smallest absolute Gasteiger partial charge is 0.336 e. The number of carbonyl (C=O) groups is 2. The van der Waals surface area contributed by atoms with Gasteiger partial charge >= 0.3 is 5.97 Å². The Balaban J connectivity index is 2.90. The predicted octanol–water partition coefficient (Wildman–Crippen LogP) is 3.54. The van der Waals surface area contributed by atoms with E-state index in [1.165, 1.54) is 17.8 Å². The summed E-state index contributed by atoms with van der Waals surface area (Å²) in [5, 5.41) is 11.7. The summed E-state index contributed by atoms with van der Waals surface area (Å²) < 4.78 is 0.786. The molecule has 0 aliphatic carbocycles. The van der Waals surface area contributed by atoms with E-state index in [-0.39, 0.29) is 22.3 Å². The monoisotopic (exact) mass is 359 g/mol. The van der Waals surface area contributed by atoms with Crippen LogP contribution in [0.2, 0.25) is 0 Å². The van der Waals surface area contributed by atoms with Gasteiger partial charge in [0.15, 0.2) is 0 Å². The average Bonchev–Trinajstić information content (AvgIpc) is 2.26. The minimum Gasteiger partial charge on any atom is -0.478 e. The van der Waals surface area contributed by atoms with Crippen LogP contribution in [0.1, 0.15) is 38.1 Å². The Morgan fingerprint density at radius 2 is 1.95 bits per heavy atom. The largest absolute Gasteiger partial charge is 0.478 e. The lowest BCUT2D eigenvalue weighted by Crippen LogP contribution is -2.44. The first kappa shape index (κ1) is 17.0. The summed E-state index contributed by atoms with van der Waals surface area (Å²) in [6.45, 7) is 7.48. The molecule has 0 bridgehead atoms. The van der Waals surface area contributed by atoms with Crippen molar-refractivity contribution in [2.75, 3.05) is 0 Å². The first-order chi connectivity index (χ1) is 9.10. The van der Waals surface area contributed by atoms with Crippen LogP contribution in [0.25, 0.3) is 0 Å². The molecule has 1 aromatic rings. The van der Waals surface area contributed by atoms with Gasteiger partial charge < -0.3 is 10.4 Å². The zero-order chi connectivity index (χ0) is 15.5. The van der Waals surface area contributed by atoms with E-state index >= 15 is 0 Å². The second-order valence-corrected chi connectivity index (χ2v) is 7.74. The number of halogens is 1. The summed E-state index contributed by atoms with van der Waals surface area (Å²) in [6.07, 6.45) is 0. The van der Waals surface area contributed by atoms with Crippen molar-refractivity contribution in [3.05, 3.63) is 28.2 Å². The lowest BCUT2D eigenvalue weighted by molar-refractivity contribution is -0.121. The molecule has 1 amide bonds. The highest BCUT2D eigenvalue weighted by atomic mass is 79.9. The van der Waals surface area contributed by atoms with E-state index in [0.29, 0.717) is 4.90 Å². The Bertz CT molecular complexity index is 526. The van der Waals surface area contributed by atoms with Gasteiger partial charge in [0.05, 0.1) is 10.8 Å². The van der Waals surface area contributed by atoms with Crippen LogP contribution in [0.4, 0.5) is 0 Å². The van der Waals surface area contributed by atoms with Crippen molar-refractivity contribution < 1.29 is 14.7 Å². The third-order valence-corrected chi connectivity index (χ3v) is 4.00. The molecule has 2 N–H and O–H groups in total. The number of carboxylic acid groups (broad SMARTS) is 1. The van der Waals surface area contributed by atoms with Crippen molar-refractivity contribution in [1.29, 1.82) is 0 Å². The van der Waals surface area contributed by atoms with Gasteiger partial charge in [-0.3, -0.25) is 4.79 Å². The topological polar surface area (TPSA) is 66.4 Å². The lowest BCUT2D eigenvalue weighted by Gasteiger charge is -2.23. The number of nitrogens with one attached hydrogen (secondary N) is 1. The lowest BCUT2D eigenvalue weighted by atomic mass is 10.1. The Morgan fingerprint density at radius 3 is 2.45 bits per heavy atom. The summed E-state index contributed by atoms with van der Waals surface area (Å²) in [4.78, 5) is 23.8. The SMILES string of the molecule is CC(Sc1cc(Br)ccc1C(=O)O)C(=O)NC(C)(C)C. The number of hydrogen-bond acceptors (Lipinski definition) is 3. The minimum atomic E-state index is -0.997. The van der Waals surface area contributed by atoms with Crippen molar-refractivity contribution in [3.8, 4) is 0 Å². The molecule has 0 aliphatic heterocycles. The molecule has 1 rings (SSSR count). The van der Waals surface area contributed by atoms with Crippen LogP contribution < -0.4 is 5.32 Å². The fourth-order valence-electron chi connectivity index (χ4n) is 1.49. The normalized spacial score (nSPS) is 12.8. The maximum absolute atomic E-state index is 12.0. The fraction of sp³-hybridized carbons (Fsp3) is 0.429. The van der Waals surface area contributed by atoms with E-state index in [4.69, 9.17) is 5.11 Å². The van der Waals surface area contributed by atoms with Crippen LogP contribution in [0.3, 0.4) is 0 Å². The Labute approximate surface area is 131 Å². The van der Waals surface area contributed by atoms with E-state index in [0.717, 1.165) is 4.47 Å². The van der Waals surface area contributed by atoms with E-state index in [2.05, 4.69) is 21.2 Å². The molecule has 6 heteroatoms. The molecule has 0 aliphatic rings. The molecule has 0 heterocycles. The quantitative estimate of drug-likeness (QED) is 0.806. The highest BCUT2D eigenvalue weighted by Gasteiger charge is 2.22. The molecule has 1 atom stereocenters. The van der Waals surface area contributed by atoms with Crippen molar-refractivity contribution in [1.82, 2.24) is 5.32 Å². The van der Waals surface area contributed by atoms with Crippen molar-refractivity contribution >= 4 is 39.6 Å². The summed E-state index contributed by atoms with van der Waals surface area (Å²) >= 11 is 4.55. The highest BCUT2D eigenvalue weighted by molar-refractivity contribution is 9.10. The third-order valence-electron chi connectivity index (χ3n) is 2.35. The van der Waals surface area contributed by atoms with Gasteiger partial charge in [0.1, 0.15) is 0 Å². The second kappa shape index (κ2) is 6.63. The maximum atomic E-state index is 12.0. The standard InChI is InChI=1S/C14H18BrNO3S/c1-8(12(17)16-14(2,3)4)20-11-7-9(15)5-6-10(11)13(18)19/h5-8H,1-4H3,(H,16,17)(H,18,19). The minimum absolute atomic E-state index is 0.112. The summed E-state index contributed by atoms with van der Waals surface area (Å²) in [5.41, 5.74) is -0.104. The highest BCUT2D eigenvalue weighted by Crippen LogP contribution is 2.30. The van der Waals surface area contributed by atoms with Crippen LogP contribution in [0, 0.1) is 0 Å². The van der Waals surface area contributed by atoms with Gasteiger partial charge in [-0.05, 0) is 45.9 Å². The Kier molecular flexibility index (Phi) is 5.65. The molecule has 0 aromatic heterocycles. The van der Waals surface area contributed by atoms with Crippen molar-refractivity contribution in [3.63, 3.8) is 0 Å². The predicted molar refractivity (Wildman–Crippen MR) is 84.3 cm³/mol. The number of carboxylic acids is 1. The molecular weight excluding hydrogens is 342 g/mol. The number of benzene rings is 1. The van der Waals surface area contributed by atoms with E-state index < -0.39 is 5.97 Å². The van der Waals surface area contributed by atoms with Crippen LogP contribution in [0.5, 0.6) is 0 Å². The molecule has 20 heavy (non-hydrogen) atoms. The Hall–Kier alpha value is -1.01. The summed E-state index contributed by atoms with van der Waals surface area (Å²) in [5.74, 6) is -1.11. The van der Waals surface area contributed by atoms with Gasteiger partial charge in [-0.1, -0.05) is 15.9 Å². The van der Waals surface area contributed by atoms with Crippen molar-refractivity contribution in [2.24, 2.45) is 0 Å². The number of carbonyl (C=O) groups excluding carboxylic acids is 1. The van der Waals surface area contributed by atoms with Gasteiger partial charge in [0.2, 0.25) is 5.91 Å². The third kappa shape index (κ3) is 5.17. The molecule has 1 unspecified atom stereocenters. The van der Waals surface area contributed by atoms with Gasteiger partial charge in [-0.25, -0.2) is 4.79 Å². The zero-order valence-corrected chi connectivity index (χ0v) is 14.3. The van der Waals surface area contributed by atoms with Crippen molar-refractivity contribution in [2.45, 2.75) is 43.4 Å². The molecule has 1 aromatic carbocycles. The van der Waals surface area contributed by atoms with Crippen LogP contribution >= 0.6 is 27.7 Å². The number of amides is 1. The number of aromatic carboxylic acids is 1. The van der Waals surface area contributed by atoms with Gasteiger partial charge in [0.25, 0.3) is 0 Å². The molecule has 0 radical (unpaired) electrons. The second-order valence-electron chi connectivity index (χ2n) is 5.44. The number of hydrogen-bond donors (Lipinski definition) is 2. The molecule has 0 spiro atoms. The first-order valence-corrected chi connectivity index (χ1v) is 7.79. The van der Waals surface area contributed by atoms with Gasteiger partial charge in [0, 0.05) is 14.9 Å².